The predicted octanol–water partition coefficient (Wildman–Crippen LogP) is 3.22. The van der Waals surface area contributed by atoms with Crippen LogP contribution in [0.25, 0.3) is 10.2 Å². The number of aromatic nitrogens is 1. The number of ether oxygens (including phenoxy) is 1. The monoisotopic (exact) mass is 358 g/mol. The summed E-state index contributed by atoms with van der Waals surface area (Å²) < 4.78 is 12.9. The number of aryl methyl sites for hydroxylation is 2. The van der Waals surface area contributed by atoms with E-state index in [-0.39, 0.29) is 18.3 Å². The maximum absolute atomic E-state index is 12.3. The van der Waals surface area contributed by atoms with Gasteiger partial charge >= 0.3 is 11.9 Å². The molecule has 0 aliphatic carbocycles. The molecule has 0 N–H and O–H groups in total. The Hall–Kier alpha value is -2.67. The third kappa shape index (κ3) is 3.56. The summed E-state index contributed by atoms with van der Waals surface area (Å²) in [6, 6.07) is 7.25. The van der Waals surface area contributed by atoms with E-state index in [1.54, 1.807) is 23.6 Å². The first-order valence-corrected chi connectivity index (χ1v) is 8.70. The fourth-order valence-electron chi connectivity index (χ4n) is 2.70. The lowest BCUT2D eigenvalue weighted by Crippen LogP contribution is -2.23. The zero-order chi connectivity index (χ0) is 18.0. The van der Waals surface area contributed by atoms with Gasteiger partial charge < -0.3 is 13.7 Å². The van der Waals surface area contributed by atoms with Crippen LogP contribution in [0.2, 0.25) is 0 Å². The average Bonchev–Trinajstić information content (AvgIpc) is 3.16. The lowest BCUT2D eigenvalue weighted by Gasteiger charge is -2.07. The number of fused-ring (bicyclic) bond motifs is 1. The highest BCUT2D eigenvalue weighted by molar-refractivity contribution is 7.16. The second-order valence-corrected chi connectivity index (χ2v) is 6.61. The van der Waals surface area contributed by atoms with Gasteiger partial charge in [0.05, 0.1) is 23.1 Å². The van der Waals surface area contributed by atoms with Crippen molar-refractivity contribution in [2.45, 2.75) is 27.3 Å². The minimum absolute atomic E-state index is 0.00199. The topological polar surface area (TPSA) is 73.8 Å². The van der Waals surface area contributed by atoms with Crippen LogP contribution >= 0.6 is 11.3 Å². The molecule has 25 heavy (non-hydrogen) atoms. The van der Waals surface area contributed by atoms with Crippen molar-refractivity contribution in [2.75, 3.05) is 6.61 Å². The van der Waals surface area contributed by atoms with E-state index in [0.29, 0.717) is 11.4 Å². The minimum Gasteiger partial charge on any atom is -0.465 e. The van der Waals surface area contributed by atoms with Crippen LogP contribution in [0.15, 0.2) is 39.9 Å². The molecule has 2 heterocycles. The highest BCUT2D eigenvalue weighted by Gasteiger charge is 2.15. The summed E-state index contributed by atoms with van der Waals surface area (Å²) in [5.74, 6) is -0.689. The van der Waals surface area contributed by atoms with Gasteiger partial charge in [0.15, 0.2) is 10.6 Å². The molecule has 2 aromatic heterocycles. The number of thiazole rings is 1. The summed E-state index contributed by atoms with van der Waals surface area (Å²) in [5, 5.41) is 0. The van der Waals surface area contributed by atoms with Gasteiger partial charge in [0.25, 0.3) is 0 Å². The number of carbonyl (C=O) groups excluding carboxylic acids is 2. The third-order valence-corrected chi connectivity index (χ3v) is 4.66. The molecule has 0 saturated carbocycles. The van der Waals surface area contributed by atoms with Gasteiger partial charge in [0.2, 0.25) is 0 Å². The van der Waals surface area contributed by atoms with Gasteiger partial charge in [-0.1, -0.05) is 17.4 Å². The van der Waals surface area contributed by atoms with Gasteiger partial charge in [-0.3, -0.25) is 9.59 Å². The number of amides is 1. The SMILES string of the molecule is CCOC(=O)Cn1c(=NC(=O)c2ccco2)sc2cc(C)cc(C)c21. The molecule has 0 saturated heterocycles. The molecule has 0 aliphatic rings. The van der Waals surface area contributed by atoms with Crippen LogP contribution in [0.3, 0.4) is 0 Å². The van der Waals surface area contributed by atoms with Crippen molar-refractivity contribution in [3.63, 3.8) is 0 Å². The van der Waals surface area contributed by atoms with Crippen LogP contribution in [0.5, 0.6) is 0 Å². The summed E-state index contributed by atoms with van der Waals surface area (Å²) in [5.41, 5.74) is 3.01. The van der Waals surface area contributed by atoms with Crippen molar-refractivity contribution >= 4 is 33.4 Å². The maximum atomic E-state index is 12.3. The van der Waals surface area contributed by atoms with E-state index in [2.05, 4.69) is 4.99 Å². The summed E-state index contributed by atoms with van der Waals surface area (Å²) in [7, 11) is 0. The van der Waals surface area contributed by atoms with Crippen LogP contribution in [0.4, 0.5) is 0 Å². The quantitative estimate of drug-likeness (QED) is 0.671. The zero-order valence-corrected chi connectivity index (χ0v) is 15.1. The average molecular weight is 358 g/mol. The molecule has 3 aromatic rings. The molecule has 0 aliphatic heterocycles. The number of nitrogens with zero attached hydrogens (tertiary/aromatic N) is 2. The van der Waals surface area contributed by atoms with E-state index in [9.17, 15) is 9.59 Å². The second-order valence-electron chi connectivity index (χ2n) is 5.60. The first-order chi connectivity index (χ1) is 12.0. The van der Waals surface area contributed by atoms with E-state index >= 15 is 0 Å². The molecule has 0 bridgehead atoms. The van der Waals surface area contributed by atoms with Crippen LogP contribution in [-0.2, 0) is 16.1 Å². The van der Waals surface area contributed by atoms with Crippen molar-refractivity contribution in [3.8, 4) is 0 Å². The van der Waals surface area contributed by atoms with E-state index in [4.69, 9.17) is 9.15 Å². The number of rotatable bonds is 4. The summed E-state index contributed by atoms with van der Waals surface area (Å²) >= 11 is 1.36. The molecule has 6 nitrogen and oxygen atoms in total. The molecule has 0 unspecified atom stereocenters. The van der Waals surface area contributed by atoms with Gasteiger partial charge in [-0.25, -0.2) is 0 Å². The third-order valence-electron chi connectivity index (χ3n) is 3.63. The lowest BCUT2D eigenvalue weighted by molar-refractivity contribution is -0.143. The van der Waals surface area contributed by atoms with Gasteiger partial charge in [0.1, 0.15) is 6.54 Å². The van der Waals surface area contributed by atoms with E-state index < -0.39 is 5.91 Å². The van der Waals surface area contributed by atoms with Crippen molar-refractivity contribution in [2.24, 2.45) is 4.99 Å². The molecule has 7 heteroatoms. The molecular weight excluding hydrogens is 340 g/mol. The number of esters is 1. The Morgan fingerprint density at radius 1 is 1.32 bits per heavy atom. The molecule has 0 atom stereocenters. The highest BCUT2D eigenvalue weighted by Crippen LogP contribution is 2.23. The van der Waals surface area contributed by atoms with Crippen LogP contribution in [0, 0.1) is 13.8 Å². The van der Waals surface area contributed by atoms with Gasteiger partial charge in [0, 0.05) is 0 Å². The number of hydrogen-bond donors (Lipinski definition) is 0. The smallest absolute Gasteiger partial charge is 0.326 e. The fraction of sp³-hybridized carbons (Fsp3) is 0.278. The largest absolute Gasteiger partial charge is 0.465 e. The van der Waals surface area contributed by atoms with Gasteiger partial charge in [-0.2, -0.15) is 4.99 Å². The second kappa shape index (κ2) is 7.06. The molecule has 130 valence electrons. The number of furan rings is 1. The molecule has 1 aromatic carbocycles. The Labute approximate surface area is 148 Å². The van der Waals surface area contributed by atoms with E-state index in [1.807, 2.05) is 26.0 Å². The summed E-state index contributed by atoms with van der Waals surface area (Å²) in [6.45, 7) is 6.04. The van der Waals surface area contributed by atoms with Crippen LogP contribution in [-0.4, -0.2) is 23.1 Å². The van der Waals surface area contributed by atoms with Crippen LogP contribution in [0.1, 0.15) is 28.6 Å². The fourth-order valence-corrected chi connectivity index (χ4v) is 3.91. The van der Waals surface area contributed by atoms with Gasteiger partial charge in [-0.05, 0) is 50.1 Å². The Morgan fingerprint density at radius 3 is 2.80 bits per heavy atom. The number of carbonyl (C=O) groups is 2. The summed E-state index contributed by atoms with van der Waals surface area (Å²) in [4.78, 5) is 28.9. The Morgan fingerprint density at radius 2 is 2.12 bits per heavy atom. The Bertz CT molecular complexity index is 996. The maximum Gasteiger partial charge on any atom is 0.326 e. The molecular formula is C18H18N2O4S. The molecule has 0 spiro atoms. The van der Waals surface area contributed by atoms with Crippen molar-refractivity contribution in [3.05, 3.63) is 52.2 Å². The molecule has 3 rings (SSSR count). The molecule has 0 radical (unpaired) electrons. The zero-order valence-electron chi connectivity index (χ0n) is 14.2. The van der Waals surface area contributed by atoms with Crippen molar-refractivity contribution < 1.29 is 18.7 Å². The molecule has 1 amide bonds. The predicted molar refractivity (Wildman–Crippen MR) is 94.5 cm³/mol. The van der Waals surface area contributed by atoms with E-state index in [1.165, 1.54) is 17.6 Å². The standard InChI is InChI=1S/C18H18N2O4S/c1-4-23-15(21)10-20-16-12(3)8-11(2)9-14(16)25-18(20)19-17(22)13-6-5-7-24-13/h5-9H,4,10H2,1-3H3. The Kier molecular flexibility index (Phi) is 4.85. The highest BCUT2D eigenvalue weighted by atomic mass is 32.1. The van der Waals surface area contributed by atoms with Crippen molar-refractivity contribution in [1.82, 2.24) is 4.57 Å². The van der Waals surface area contributed by atoms with Gasteiger partial charge in [-0.15, -0.1) is 0 Å². The van der Waals surface area contributed by atoms with Crippen molar-refractivity contribution in [1.29, 1.82) is 0 Å². The Balaban J connectivity index is 2.17. The number of benzene rings is 1. The first-order valence-electron chi connectivity index (χ1n) is 7.88. The minimum atomic E-state index is -0.483. The van der Waals surface area contributed by atoms with E-state index in [0.717, 1.165) is 21.3 Å². The normalized spacial score (nSPS) is 11.9. The summed E-state index contributed by atoms with van der Waals surface area (Å²) in [6.07, 6.45) is 1.42. The first kappa shape index (κ1) is 17.2. The van der Waals surface area contributed by atoms with Crippen LogP contribution < -0.4 is 4.80 Å². The lowest BCUT2D eigenvalue weighted by atomic mass is 10.1. The molecule has 0 fully saturated rings. The number of hydrogen-bond acceptors (Lipinski definition) is 5.